The summed E-state index contributed by atoms with van der Waals surface area (Å²) in [5.74, 6) is -0.609. The molecule has 0 bridgehead atoms. The van der Waals surface area contributed by atoms with Crippen molar-refractivity contribution < 1.29 is 14.3 Å². The van der Waals surface area contributed by atoms with Crippen molar-refractivity contribution in [2.75, 3.05) is 20.2 Å². The lowest BCUT2D eigenvalue weighted by Crippen LogP contribution is -2.33. The lowest BCUT2D eigenvalue weighted by atomic mass is 10.2. The van der Waals surface area contributed by atoms with Gasteiger partial charge in [0.25, 0.3) is 5.91 Å². The van der Waals surface area contributed by atoms with Crippen LogP contribution in [-0.2, 0) is 9.53 Å². The molecule has 1 rings (SSSR count). The lowest BCUT2D eigenvalue weighted by molar-refractivity contribution is -0.140. The fourth-order valence-corrected chi connectivity index (χ4v) is 1.95. The summed E-state index contributed by atoms with van der Waals surface area (Å²) in [5.41, 5.74) is 0.334. The molecule has 0 unspecified atom stereocenters. The Morgan fingerprint density at radius 3 is 2.58 bits per heavy atom. The number of esters is 1. The average Bonchev–Trinajstić information content (AvgIpc) is 2.41. The van der Waals surface area contributed by atoms with Gasteiger partial charge in [0.2, 0.25) is 0 Å². The second-order valence-electron chi connectivity index (χ2n) is 3.81. The zero-order valence-electron chi connectivity index (χ0n) is 10.8. The highest BCUT2D eigenvalue weighted by atomic mass is 35.5. The minimum Gasteiger partial charge on any atom is -0.469 e. The van der Waals surface area contributed by atoms with Crippen LogP contribution in [0, 0.1) is 0 Å². The van der Waals surface area contributed by atoms with Crippen molar-refractivity contribution in [3.63, 3.8) is 0 Å². The maximum absolute atomic E-state index is 12.3. The van der Waals surface area contributed by atoms with E-state index in [2.05, 4.69) is 4.74 Å². The zero-order chi connectivity index (χ0) is 14.4. The van der Waals surface area contributed by atoms with Gasteiger partial charge in [0, 0.05) is 13.1 Å². The van der Waals surface area contributed by atoms with Gasteiger partial charge in [-0.3, -0.25) is 9.59 Å². The van der Waals surface area contributed by atoms with Crippen LogP contribution < -0.4 is 0 Å². The molecule has 6 heteroatoms. The molecule has 1 aromatic rings. The predicted molar refractivity (Wildman–Crippen MR) is 74.7 cm³/mol. The molecule has 1 aromatic carbocycles. The van der Waals surface area contributed by atoms with E-state index in [-0.39, 0.29) is 29.9 Å². The van der Waals surface area contributed by atoms with Crippen LogP contribution in [0.2, 0.25) is 10.0 Å². The van der Waals surface area contributed by atoms with Gasteiger partial charge in [-0.05, 0) is 19.1 Å². The van der Waals surface area contributed by atoms with E-state index in [1.54, 1.807) is 18.2 Å². The Labute approximate surface area is 122 Å². The minimum atomic E-state index is -0.358. The van der Waals surface area contributed by atoms with Gasteiger partial charge in [0.15, 0.2) is 0 Å². The highest BCUT2D eigenvalue weighted by Gasteiger charge is 2.19. The molecule has 0 aromatic heterocycles. The molecule has 0 heterocycles. The van der Waals surface area contributed by atoms with E-state index >= 15 is 0 Å². The van der Waals surface area contributed by atoms with E-state index in [1.807, 2.05) is 6.92 Å². The number of benzene rings is 1. The fraction of sp³-hybridized carbons (Fsp3) is 0.385. The summed E-state index contributed by atoms with van der Waals surface area (Å²) in [6.45, 7) is 2.58. The molecule has 0 saturated carbocycles. The number of halogens is 2. The maximum Gasteiger partial charge on any atom is 0.307 e. The number of carbonyl (C=O) groups excluding carboxylic acids is 2. The molecule has 0 fully saturated rings. The SMILES string of the molecule is CCN(CCC(=O)OC)C(=O)c1cccc(Cl)c1Cl. The summed E-state index contributed by atoms with van der Waals surface area (Å²) in [4.78, 5) is 24.9. The van der Waals surface area contributed by atoms with Crippen molar-refractivity contribution in [2.45, 2.75) is 13.3 Å². The molecule has 4 nitrogen and oxygen atoms in total. The van der Waals surface area contributed by atoms with Gasteiger partial charge in [0.05, 0.1) is 29.1 Å². The first kappa shape index (κ1) is 15.8. The summed E-state index contributed by atoms with van der Waals surface area (Å²) in [5, 5.41) is 0.558. The number of carbonyl (C=O) groups is 2. The van der Waals surface area contributed by atoms with Crippen LogP contribution in [0.15, 0.2) is 18.2 Å². The zero-order valence-corrected chi connectivity index (χ0v) is 12.3. The molecule has 0 aliphatic carbocycles. The summed E-state index contributed by atoms with van der Waals surface area (Å²) >= 11 is 11.9. The molecule has 0 radical (unpaired) electrons. The molecule has 0 spiro atoms. The molecule has 19 heavy (non-hydrogen) atoms. The van der Waals surface area contributed by atoms with E-state index in [9.17, 15) is 9.59 Å². The van der Waals surface area contributed by atoms with Gasteiger partial charge < -0.3 is 9.64 Å². The summed E-state index contributed by atoms with van der Waals surface area (Å²) in [6, 6.07) is 4.89. The van der Waals surface area contributed by atoms with Gasteiger partial charge in [0.1, 0.15) is 0 Å². The number of ether oxygens (including phenoxy) is 1. The maximum atomic E-state index is 12.3. The Hall–Kier alpha value is -1.26. The molecule has 1 amide bonds. The molecule has 104 valence electrons. The number of rotatable bonds is 5. The van der Waals surface area contributed by atoms with Crippen LogP contribution in [0.4, 0.5) is 0 Å². The first-order valence-corrected chi connectivity index (χ1v) is 6.57. The molecule has 0 saturated heterocycles. The number of hydrogen-bond donors (Lipinski definition) is 0. The highest BCUT2D eigenvalue weighted by molar-refractivity contribution is 6.43. The second kappa shape index (κ2) is 7.36. The third-order valence-electron chi connectivity index (χ3n) is 2.66. The highest BCUT2D eigenvalue weighted by Crippen LogP contribution is 2.26. The first-order chi connectivity index (χ1) is 9.01. The molecular formula is C13H15Cl2NO3. The normalized spacial score (nSPS) is 10.1. The number of methoxy groups -OCH3 is 1. The first-order valence-electron chi connectivity index (χ1n) is 5.81. The number of hydrogen-bond acceptors (Lipinski definition) is 3. The van der Waals surface area contributed by atoms with Crippen LogP contribution in [-0.4, -0.2) is 37.0 Å². The quantitative estimate of drug-likeness (QED) is 0.786. The smallest absolute Gasteiger partial charge is 0.307 e. The lowest BCUT2D eigenvalue weighted by Gasteiger charge is -2.21. The Morgan fingerprint density at radius 1 is 1.32 bits per heavy atom. The van der Waals surface area contributed by atoms with Crippen LogP contribution in [0.3, 0.4) is 0 Å². The second-order valence-corrected chi connectivity index (χ2v) is 4.60. The molecule has 0 aliphatic heterocycles. The van der Waals surface area contributed by atoms with Gasteiger partial charge in [-0.1, -0.05) is 29.3 Å². The van der Waals surface area contributed by atoms with E-state index in [4.69, 9.17) is 23.2 Å². The van der Waals surface area contributed by atoms with Crippen molar-refractivity contribution in [1.29, 1.82) is 0 Å². The van der Waals surface area contributed by atoms with Crippen molar-refractivity contribution in [3.05, 3.63) is 33.8 Å². The van der Waals surface area contributed by atoms with Gasteiger partial charge in [-0.15, -0.1) is 0 Å². The van der Waals surface area contributed by atoms with E-state index in [1.165, 1.54) is 12.0 Å². The Bertz CT molecular complexity index is 477. The molecule has 0 aliphatic rings. The van der Waals surface area contributed by atoms with Crippen molar-refractivity contribution in [2.24, 2.45) is 0 Å². The standard InChI is InChI=1S/C13H15Cl2NO3/c1-3-16(8-7-11(17)19-2)13(18)9-5-4-6-10(14)12(9)15/h4-6H,3,7-8H2,1-2H3. The van der Waals surface area contributed by atoms with Crippen LogP contribution in [0.25, 0.3) is 0 Å². The van der Waals surface area contributed by atoms with Crippen LogP contribution in [0.1, 0.15) is 23.7 Å². The van der Waals surface area contributed by atoms with Crippen molar-refractivity contribution >= 4 is 35.1 Å². The number of amides is 1. The summed E-state index contributed by atoms with van der Waals surface area (Å²) < 4.78 is 4.55. The van der Waals surface area contributed by atoms with Gasteiger partial charge in [-0.25, -0.2) is 0 Å². The van der Waals surface area contributed by atoms with E-state index in [0.717, 1.165) is 0 Å². The molecular weight excluding hydrogens is 289 g/mol. The van der Waals surface area contributed by atoms with Crippen molar-refractivity contribution in [3.8, 4) is 0 Å². The van der Waals surface area contributed by atoms with Crippen molar-refractivity contribution in [1.82, 2.24) is 4.90 Å². The van der Waals surface area contributed by atoms with Crippen LogP contribution in [0.5, 0.6) is 0 Å². The Kier molecular flexibility index (Phi) is 6.12. The largest absolute Gasteiger partial charge is 0.469 e. The summed E-state index contributed by atoms with van der Waals surface area (Å²) in [6.07, 6.45) is 0.147. The number of nitrogens with zero attached hydrogens (tertiary/aromatic N) is 1. The molecule has 0 N–H and O–H groups in total. The third-order valence-corrected chi connectivity index (χ3v) is 3.48. The predicted octanol–water partition coefficient (Wildman–Crippen LogP) is 3.02. The monoisotopic (exact) mass is 303 g/mol. The Morgan fingerprint density at radius 2 is 2.00 bits per heavy atom. The van der Waals surface area contributed by atoms with Crippen LogP contribution >= 0.6 is 23.2 Å². The van der Waals surface area contributed by atoms with Gasteiger partial charge >= 0.3 is 5.97 Å². The molecule has 0 atom stereocenters. The minimum absolute atomic E-state index is 0.147. The average molecular weight is 304 g/mol. The topological polar surface area (TPSA) is 46.6 Å². The van der Waals surface area contributed by atoms with E-state index < -0.39 is 0 Å². The van der Waals surface area contributed by atoms with E-state index in [0.29, 0.717) is 17.1 Å². The van der Waals surface area contributed by atoms with Gasteiger partial charge in [-0.2, -0.15) is 0 Å². The third kappa shape index (κ3) is 4.11. The Balaban J connectivity index is 2.84. The summed E-state index contributed by atoms with van der Waals surface area (Å²) in [7, 11) is 1.31. The fourth-order valence-electron chi connectivity index (χ4n) is 1.57.